The minimum atomic E-state index is -0.942. The monoisotopic (exact) mass is 320 g/mol. The Morgan fingerprint density at radius 3 is 2.75 bits per heavy atom. The molecule has 24 heavy (non-hydrogen) atoms. The van der Waals surface area contributed by atoms with E-state index in [-0.39, 0.29) is 5.96 Å². The zero-order chi connectivity index (χ0) is 17.2. The number of benzene rings is 2. The molecule has 0 spiro atoms. The molecule has 0 amide bonds. The van der Waals surface area contributed by atoms with Crippen LogP contribution in [-0.2, 0) is 10.3 Å². The molecule has 0 aliphatic rings. The maximum Gasteiger partial charge on any atom is 0.189 e. The Balaban J connectivity index is 2.07. The first kappa shape index (κ1) is 15.8. The number of para-hydroxylation sites is 1. The van der Waals surface area contributed by atoms with Gasteiger partial charge in [0.05, 0.1) is 5.52 Å². The number of aromatic nitrogens is 1. The number of fused-ring (bicyclic) bond motifs is 1. The molecule has 0 radical (unpaired) electrons. The summed E-state index contributed by atoms with van der Waals surface area (Å²) in [5.41, 5.74) is 7.73. The number of nitrogens with two attached hydrogens (primary N) is 1. The Morgan fingerprint density at radius 1 is 1.21 bits per heavy atom. The van der Waals surface area contributed by atoms with Crippen molar-refractivity contribution in [3.8, 4) is 5.69 Å². The van der Waals surface area contributed by atoms with E-state index < -0.39 is 5.54 Å². The fourth-order valence-electron chi connectivity index (χ4n) is 2.78. The summed E-state index contributed by atoms with van der Waals surface area (Å²) in [5, 5.41) is 4.14. The van der Waals surface area contributed by atoms with Gasteiger partial charge in [-0.15, -0.1) is 0 Å². The number of nitrogens with one attached hydrogen (secondary N) is 1. The second-order valence-corrected chi connectivity index (χ2v) is 5.85. The summed E-state index contributed by atoms with van der Waals surface area (Å²) in [6.45, 7) is 1.78. The summed E-state index contributed by atoms with van der Waals surface area (Å²) in [6.07, 6.45) is 2.87. The zero-order valence-electron chi connectivity index (χ0n) is 13.7. The molecule has 0 saturated carbocycles. The average molecular weight is 320 g/mol. The van der Waals surface area contributed by atoms with Gasteiger partial charge in [0, 0.05) is 18.9 Å². The highest BCUT2D eigenvalue weighted by Gasteiger charge is 2.27. The lowest BCUT2D eigenvalue weighted by atomic mass is 9.93. The lowest BCUT2D eigenvalue weighted by molar-refractivity contribution is -0.112. The van der Waals surface area contributed by atoms with Gasteiger partial charge in [-0.3, -0.25) is 4.99 Å². The van der Waals surface area contributed by atoms with Crippen LogP contribution in [0.15, 0.2) is 65.8 Å². The maximum absolute atomic E-state index is 11.7. The van der Waals surface area contributed by atoms with Crippen LogP contribution in [0.4, 0.5) is 0 Å². The fraction of sp³-hybridized carbons (Fsp3) is 0.158. The first-order chi connectivity index (χ1) is 11.6. The van der Waals surface area contributed by atoms with Crippen molar-refractivity contribution in [2.75, 3.05) is 7.05 Å². The van der Waals surface area contributed by atoms with Gasteiger partial charge in [-0.05, 0) is 42.1 Å². The van der Waals surface area contributed by atoms with Gasteiger partial charge in [0.15, 0.2) is 5.96 Å². The maximum atomic E-state index is 11.7. The Kier molecular flexibility index (Phi) is 4.08. The third-order valence-electron chi connectivity index (χ3n) is 4.19. The number of hydrogen-bond acceptors (Lipinski definition) is 2. The van der Waals surface area contributed by atoms with Crippen molar-refractivity contribution in [1.29, 1.82) is 0 Å². The van der Waals surface area contributed by atoms with Gasteiger partial charge < -0.3 is 20.4 Å². The quantitative estimate of drug-likeness (QED) is 0.441. The molecule has 1 unspecified atom stereocenters. The number of nitrogens with zero attached hydrogens (tertiary/aromatic N) is 2. The molecule has 1 atom stereocenters. The van der Waals surface area contributed by atoms with Crippen molar-refractivity contribution < 1.29 is 4.79 Å². The van der Waals surface area contributed by atoms with E-state index in [1.165, 1.54) is 5.39 Å². The SMILES string of the molecule is CN=C(N)NC(C)(C=O)c1cccc(-n2ccc3ccccc32)c1. The first-order valence-electron chi connectivity index (χ1n) is 7.71. The van der Waals surface area contributed by atoms with Crippen LogP contribution in [0.5, 0.6) is 0 Å². The number of hydrogen-bond donors (Lipinski definition) is 2. The molecular formula is C19H20N4O. The predicted molar refractivity (Wildman–Crippen MR) is 97.4 cm³/mol. The normalized spacial score (nSPS) is 14.3. The van der Waals surface area contributed by atoms with Crippen molar-refractivity contribution in [1.82, 2.24) is 9.88 Å². The third-order valence-corrected chi connectivity index (χ3v) is 4.19. The highest BCUT2D eigenvalue weighted by atomic mass is 16.1. The van der Waals surface area contributed by atoms with E-state index >= 15 is 0 Å². The average Bonchev–Trinajstić information content (AvgIpc) is 3.05. The fourth-order valence-corrected chi connectivity index (χ4v) is 2.78. The van der Waals surface area contributed by atoms with E-state index in [9.17, 15) is 4.79 Å². The standard InChI is InChI=1S/C19H20N4O/c1-19(13-24,22-18(20)21-2)15-7-5-8-16(12-15)23-11-10-14-6-3-4-9-17(14)23/h3-13H,1-2H3,(H3,20,21,22). The summed E-state index contributed by atoms with van der Waals surface area (Å²) >= 11 is 0. The Bertz CT molecular complexity index is 912. The predicted octanol–water partition coefficient (Wildman–Crippen LogP) is 2.58. The van der Waals surface area contributed by atoms with E-state index in [0.717, 1.165) is 23.1 Å². The van der Waals surface area contributed by atoms with Gasteiger partial charge in [-0.1, -0.05) is 30.3 Å². The first-order valence-corrected chi connectivity index (χ1v) is 7.71. The lowest BCUT2D eigenvalue weighted by Gasteiger charge is -2.26. The molecule has 122 valence electrons. The van der Waals surface area contributed by atoms with Crippen LogP contribution in [-0.4, -0.2) is 23.9 Å². The van der Waals surface area contributed by atoms with Crippen LogP contribution in [0.3, 0.4) is 0 Å². The van der Waals surface area contributed by atoms with E-state index in [2.05, 4.69) is 33.1 Å². The summed E-state index contributed by atoms with van der Waals surface area (Å²) in [5.74, 6) is 0.224. The van der Waals surface area contributed by atoms with Gasteiger partial charge >= 0.3 is 0 Å². The van der Waals surface area contributed by atoms with Gasteiger partial charge in [0.1, 0.15) is 11.8 Å². The molecule has 3 N–H and O–H groups in total. The molecule has 3 rings (SSSR count). The minimum absolute atomic E-state index is 0.224. The molecular weight excluding hydrogens is 300 g/mol. The highest BCUT2D eigenvalue weighted by molar-refractivity contribution is 5.84. The second kappa shape index (κ2) is 6.20. The molecule has 0 bridgehead atoms. The van der Waals surface area contributed by atoms with Crippen molar-refractivity contribution >= 4 is 23.1 Å². The van der Waals surface area contributed by atoms with E-state index in [0.29, 0.717) is 0 Å². The molecule has 0 aliphatic heterocycles. The summed E-state index contributed by atoms with van der Waals surface area (Å²) in [7, 11) is 1.58. The van der Waals surface area contributed by atoms with Crippen LogP contribution in [0, 0.1) is 0 Å². The molecule has 5 nitrogen and oxygen atoms in total. The highest BCUT2D eigenvalue weighted by Crippen LogP contribution is 2.24. The molecule has 1 aromatic heterocycles. The van der Waals surface area contributed by atoms with Crippen LogP contribution >= 0.6 is 0 Å². The van der Waals surface area contributed by atoms with Gasteiger partial charge in [-0.2, -0.15) is 0 Å². The van der Waals surface area contributed by atoms with E-state index in [1.54, 1.807) is 14.0 Å². The zero-order valence-corrected chi connectivity index (χ0v) is 13.7. The summed E-state index contributed by atoms with van der Waals surface area (Å²) in [4.78, 5) is 15.6. The van der Waals surface area contributed by atoms with E-state index in [4.69, 9.17) is 5.73 Å². The molecule has 2 aromatic carbocycles. The van der Waals surface area contributed by atoms with Gasteiger partial charge in [0.2, 0.25) is 0 Å². The number of aliphatic imine (C=N–C) groups is 1. The Hall–Kier alpha value is -3.08. The molecule has 3 aromatic rings. The van der Waals surface area contributed by atoms with Crippen molar-refractivity contribution in [2.24, 2.45) is 10.7 Å². The molecule has 0 aliphatic carbocycles. The molecule has 1 heterocycles. The van der Waals surface area contributed by atoms with Crippen molar-refractivity contribution in [2.45, 2.75) is 12.5 Å². The molecule has 0 saturated heterocycles. The van der Waals surface area contributed by atoms with Crippen LogP contribution < -0.4 is 11.1 Å². The Labute approximate surface area is 140 Å². The van der Waals surface area contributed by atoms with Crippen molar-refractivity contribution in [3.05, 3.63) is 66.4 Å². The smallest absolute Gasteiger partial charge is 0.189 e. The summed E-state index contributed by atoms with van der Waals surface area (Å²) in [6, 6.07) is 18.1. The lowest BCUT2D eigenvalue weighted by Crippen LogP contribution is -2.48. The van der Waals surface area contributed by atoms with Crippen LogP contribution in [0.25, 0.3) is 16.6 Å². The number of rotatable bonds is 4. The van der Waals surface area contributed by atoms with Crippen LogP contribution in [0.1, 0.15) is 12.5 Å². The number of aldehydes is 1. The Morgan fingerprint density at radius 2 is 2.00 bits per heavy atom. The number of guanidine groups is 1. The van der Waals surface area contributed by atoms with Crippen molar-refractivity contribution in [3.63, 3.8) is 0 Å². The topological polar surface area (TPSA) is 72.4 Å². The minimum Gasteiger partial charge on any atom is -0.370 e. The third kappa shape index (κ3) is 2.76. The van der Waals surface area contributed by atoms with Crippen LogP contribution in [0.2, 0.25) is 0 Å². The van der Waals surface area contributed by atoms with Gasteiger partial charge in [0.25, 0.3) is 0 Å². The van der Waals surface area contributed by atoms with Gasteiger partial charge in [-0.25, -0.2) is 0 Å². The summed E-state index contributed by atoms with van der Waals surface area (Å²) < 4.78 is 2.10. The largest absolute Gasteiger partial charge is 0.370 e. The van der Waals surface area contributed by atoms with E-state index in [1.807, 2.05) is 42.6 Å². The molecule has 0 fully saturated rings. The number of carbonyl (C=O) groups is 1. The second-order valence-electron chi connectivity index (χ2n) is 5.85. The number of carbonyl (C=O) groups excluding carboxylic acids is 1. The molecule has 5 heteroatoms.